The highest BCUT2D eigenvalue weighted by Crippen LogP contribution is 2.20. The number of carbonyl (C=O) groups excluding carboxylic acids is 1. The molecule has 148 valence electrons. The van der Waals surface area contributed by atoms with Gasteiger partial charge in [0.05, 0.1) is 12.1 Å². The monoisotopic (exact) mass is 407 g/mol. The third kappa shape index (κ3) is 4.64. The van der Waals surface area contributed by atoms with Crippen LogP contribution in [0.1, 0.15) is 22.8 Å². The maximum atomic E-state index is 13.4. The second kappa shape index (κ2) is 8.06. The van der Waals surface area contributed by atoms with Crippen LogP contribution in [-0.4, -0.2) is 25.2 Å². The van der Waals surface area contributed by atoms with Gasteiger partial charge in [0.2, 0.25) is 5.43 Å². The summed E-state index contributed by atoms with van der Waals surface area (Å²) >= 11 is 0. The first kappa shape index (κ1) is 20.6. The Labute approximate surface area is 170 Å². The highest BCUT2D eigenvalue weighted by molar-refractivity contribution is 6.83. The van der Waals surface area contributed by atoms with E-state index in [9.17, 15) is 14.0 Å². The van der Waals surface area contributed by atoms with Crippen LogP contribution in [0.2, 0.25) is 19.6 Å². The molecule has 0 unspecified atom stereocenters. The molecule has 0 N–H and O–H groups in total. The molecule has 0 fully saturated rings. The molecule has 0 spiro atoms. The lowest BCUT2D eigenvalue weighted by Gasteiger charge is -2.14. The van der Waals surface area contributed by atoms with Crippen molar-refractivity contribution in [1.82, 2.24) is 4.57 Å². The van der Waals surface area contributed by atoms with Crippen LogP contribution in [0, 0.1) is 17.3 Å². The van der Waals surface area contributed by atoms with Crippen LogP contribution in [-0.2, 0) is 4.74 Å². The number of carbonyl (C=O) groups is 1. The summed E-state index contributed by atoms with van der Waals surface area (Å²) in [6.45, 7) is 8.31. The lowest BCUT2D eigenvalue weighted by atomic mass is 10.1. The van der Waals surface area contributed by atoms with E-state index >= 15 is 0 Å². The van der Waals surface area contributed by atoms with Gasteiger partial charge in [0.25, 0.3) is 0 Å². The molecule has 0 amide bonds. The van der Waals surface area contributed by atoms with Crippen molar-refractivity contribution in [3.05, 3.63) is 75.8 Å². The summed E-state index contributed by atoms with van der Waals surface area (Å²) in [6.07, 6.45) is 1.45. The third-order valence-electron chi connectivity index (χ3n) is 4.19. The SMILES string of the molecule is CCOC(=O)c1cn(-c2ccc(F)cc2)c2cc(C#C[Si](C)(C)C)ccc2c1=O. The molecule has 0 atom stereocenters. The minimum Gasteiger partial charge on any atom is -0.462 e. The minimum atomic E-state index is -1.57. The van der Waals surface area contributed by atoms with Crippen molar-refractivity contribution in [3.63, 3.8) is 0 Å². The quantitative estimate of drug-likeness (QED) is 0.364. The summed E-state index contributed by atoms with van der Waals surface area (Å²) in [5, 5.41) is 0.374. The number of hydrogen-bond donors (Lipinski definition) is 0. The molecule has 1 aromatic heterocycles. The van der Waals surface area contributed by atoms with Crippen LogP contribution < -0.4 is 5.43 Å². The number of aromatic nitrogens is 1. The molecule has 0 aliphatic heterocycles. The molecule has 6 heteroatoms. The zero-order valence-electron chi connectivity index (χ0n) is 16.9. The fourth-order valence-corrected chi connectivity index (χ4v) is 3.35. The maximum Gasteiger partial charge on any atom is 0.343 e. The normalized spacial score (nSPS) is 11.1. The zero-order chi connectivity index (χ0) is 21.2. The summed E-state index contributed by atoms with van der Waals surface area (Å²) in [4.78, 5) is 25.2. The van der Waals surface area contributed by atoms with Gasteiger partial charge >= 0.3 is 5.97 Å². The van der Waals surface area contributed by atoms with E-state index in [0.29, 0.717) is 16.6 Å². The van der Waals surface area contributed by atoms with Crippen LogP contribution in [0.25, 0.3) is 16.6 Å². The molecule has 1 heterocycles. The van der Waals surface area contributed by atoms with Gasteiger partial charge in [-0.3, -0.25) is 4.79 Å². The molecule has 4 nitrogen and oxygen atoms in total. The van der Waals surface area contributed by atoms with Gasteiger partial charge in [-0.2, -0.15) is 0 Å². The van der Waals surface area contributed by atoms with Gasteiger partial charge in [0.15, 0.2) is 0 Å². The molecule has 0 bridgehead atoms. The van der Waals surface area contributed by atoms with Crippen molar-refractivity contribution in [3.8, 4) is 17.2 Å². The first-order valence-corrected chi connectivity index (χ1v) is 12.9. The number of benzene rings is 2. The fraction of sp³-hybridized carbons (Fsp3) is 0.217. The minimum absolute atomic E-state index is 0.0652. The predicted molar refractivity (Wildman–Crippen MR) is 116 cm³/mol. The van der Waals surface area contributed by atoms with E-state index < -0.39 is 19.5 Å². The van der Waals surface area contributed by atoms with Crippen LogP contribution in [0.5, 0.6) is 0 Å². The average molecular weight is 408 g/mol. The van der Waals surface area contributed by atoms with E-state index in [1.165, 1.54) is 18.3 Å². The molecule has 0 aliphatic carbocycles. The molecule has 29 heavy (non-hydrogen) atoms. The zero-order valence-corrected chi connectivity index (χ0v) is 17.9. The summed E-state index contributed by atoms with van der Waals surface area (Å²) in [5.41, 5.74) is 4.84. The number of halogens is 1. The van der Waals surface area contributed by atoms with E-state index in [1.807, 2.05) is 6.07 Å². The molecule has 2 aromatic carbocycles. The van der Waals surface area contributed by atoms with Gasteiger partial charge in [0.1, 0.15) is 19.5 Å². The number of ether oxygens (including phenoxy) is 1. The molecular formula is C23H22FNO3Si. The molecule has 0 radical (unpaired) electrons. The Morgan fingerprint density at radius 2 is 1.83 bits per heavy atom. The van der Waals surface area contributed by atoms with Gasteiger partial charge in [-0.25, -0.2) is 9.18 Å². The number of esters is 1. The molecule has 0 saturated carbocycles. The lowest BCUT2D eigenvalue weighted by molar-refractivity contribution is 0.0524. The van der Waals surface area contributed by atoms with E-state index in [-0.39, 0.29) is 18.0 Å². The summed E-state index contributed by atoms with van der Waals surface area (Å²) < 4.78 is 20.2. The largest absolute Gasteiger partial charge is 0.462 e. The molecule has 3 aromatic rings. The molecule has 0 aliphatic rings. The van der Waals surface area contributed by atoms with E-state index in [2.05, 4.69) is 31.1 Å². The van der Waals surface area contributed by atoms with Gasteiger partial charge in [-0.05, 0) is 49.4 Å². The first-order chi connectivity index (χ1) is 13.7. The number of nitrogens with zero attached hydrogens (tertiary/aromatic N) is 1. The van der Waals surface area contributed by atoms with Crippen LogP contribution in [0.15, 0.2) is 53.5 Å². The standard InChI is InChI=1S/C23H22FNO3Si/c1-5-28-23(27)20-15-25(18-9-7-17(24)8-10-18)21-14-16(12-13-29(2,3)4)6-11-19(21)22(20)26/h6-11,14-15H,5H2,1-4H3. The maximum absolute atomic E-state index is 13.4. The second-order valence-corrected chi connectivity index (χ2v) is 12.4. The van der Waals surface area contributed by atoms with Gasteiger partial charge in [-0.1, -0.05) is 25.6 Å². The van der Waals surface area contributed by atoms with Gasteiger partial charge < -0.3 is 9.30 Å². The third-order valence-corrected chi connectivity index (χ3v) is 5.06. The summed E-state index contributed by atoms with van der Waals surface area (Å²) in [7, 11) is -1.57. The molecular weight excluding hydrogens is 385 g/mol. The van der Waals surface area contributed by atoms with Crippen molar-refractivity contribution < 1.29 is 13.9 Å². The average Bonchev–Trinajstić information content (AvgIpc) is 2.67. The van der Waals surface area contributed by atoms with Gasteiger partial charge in [-0.15, -0.1) is 5.54 Å². The highest BCUT2D eigenvalue weighted by atomic mass is 28.3. The van der Waals surface area contributed by atoms with Crippen molar-refractivity contribution >= 4 is 24.9 Å². The Kier molecular flexibility index (Phi) is 5.71. The number of fused-ring (bicyclic) bond motifs is 1. The van der Waals surface area contributed by atoms with E-state index in [0.717, 1.165) is 5.56 Å². The Bertz CT molecular complexity index is 1200. The van der Waals surface area contributed by atoms with E-state index in [4.69, 9.17) is 4.74 Å². The van der Waals surface area contributed by atoms with Crippen molar-refractivity contribution in [2.24, 2.45) is 0 Å². The Morgan fingerprint density at radius 3 is 2.45 bits per heavy atom. The van der Waals surface area contributed by atoms with Crippen molar-refractivity contribution in [2.45, 2.75) is 26.6 Å². The van der Waals surface area contributed by atoms with Crippen molar-refractivity contribution in [2.75, 3.05) is 6.61 Å². The summed E-state index contributed by atoms with van der Waals surface area (Å²) in [5.74, 6) is 2.13. The van der Waals surface area contributed by atoms with Gasteiger partial charge in [0, 0.05) is 22.8 Å². The predicted octanol–water partition coefficient (Wildman–Crippen LogP) is 4.54. The number of pyridine rings is 1. The molecule has 0 saturated heterocycles. The Balaban J connectivity index is 2.31. The van der Waals surface area contributed by atoms with Crippen molar-refractivity contribution in [1.29, 1.82) is 0 Å². The summed E-state index contributed by atoms with van der Waals surface area (Å²) in [6, 6.07) is 11.1. The van der Waals surface area contributed by atoms with E-state index in [1.54, 1.807) is 35.8 Å². The lowest BCUT2D eigenvalue weighted by Crippen LogP contribution is -2.20. The first-order valence-electron chi connectivity index (χ1n) is 9.35. The topological polar surface area (TPSA) is 48.3 Å². The number of hydrogen-bond acceptors (Lipinski definition) is 3. The van der Waals surface area contributed by atoms with Crippen LogP contribution >= 0.6 is 0 Å². The number of rotatable bonds is 3. The second-order valence-electron chi connectivity index (χ2n) is 7.67. The Morgan fingerprint density at radius 1 is 1.14 bits per heavy atom. The highest BCUT2D eigenvalue weighted by Gasteiger charge is 2.17. The van der Waals surface area contributed by atoms with Crippen LogP contribution in [0.4, 0.5) is 4.39 Å². The fourth-order valence-electron chi connectivity index (χ4n) is 2.83. The van der Waals surface area contributed by atoms with Crippen LogP contribution in [0.3, 0.4) is 0 Å². The Hall–Kier alpha value is -3.17. The smallest absolute Gasteiger partial charge is 0.343 e. The molecule has 3 rings (SSSR count).